The minimum atomic E-state index is 0.172. The predicted molar refractivity (Wildman–Crippen MR) is 103 cm³/mol. The lowest BCUT2D eigenvalue weighted by atomic mass is 10.1. The van der Waals surface area contributed by atoms with Gasteiger partial charge in [-0.2, -0.15) is 0 Å². The molecule has 0 atom stereocenters. The van der Waals surface area contributed by atoms with Crippen molar-refractivity contribution in [2.75, 3.05) is 7.11 Å². The summed E-state index contributed by atoms with van der Waals surface area (Å²) in [5.41, 5.74) is 3.14. The Hall–Kier alpha value is -3.33. The number of rotatable bonds is 5. The van der Waals surface area contributed by atoms with Crippen molar-refractivity contribution < 1.29 is 9.84 Å². The zero-order chi connectivity index (χ0) is 17.5. The highest BCUT2D eigenvalue weighted by molar-refractivity contribution is 6.12. The molecule has 0 aromatic heterocycles. The molecule has 124 valence electrons. The van der Waals surface area contributed by atoms with Gasteiger partial charge >= 0.3 is 0 Å². The van der Waals surface area contributed by atoms with Gasteiger partial charge in [0, 0.05) is 17.2 Å². The van der Waals surface area contributed by atoms with Crippen molar-refractivity contribution in [3.8, 4) is 5.75 Å². The van der Waals surface area contributed by atoms with E-state index >= 15 is 0 Å². The molecule has 3 aromatic carbocycles. The Labute approximate surface area is 147 Å². The summed E-state index contributed by atoms with van der Waals surface area (Å²) in [5, 5.41) is 10.5. The molecule has 0 spiro atoms. The summed E-state index contributed by atoms with van der Waals surface area (Å²) in [7, 11) is 1.63. The minimum Gasteiger partial charge on any atom is -0.507 e. The summed E-state index contributed by atoms with van der Waals surface area (Å²) in [5.74, 6) is 0.949. The first-order valence-corrected chi connectivity index (χ1v) is 8.00. The molecule has 0 heterocycles. The molecule has 3 nitrogen and oxygen atoms in total. The Bertz CT molecular complexity index is 867. The van der Waals surface area contributed by atoms with E-state index in [0.29, 0.717) is 5.71 Å². The van der Waals surface area contributed by atoms with E-state index in [2.05, 4.69) is 4.99 Å². The van der Waals surface area contributed by atoms with E-state index in [4.69, 9.17) is 4.74 Å². The van der Waals surface area contributed by atoms with Gasteiger partial charge in [0.1, 0.15) is 11.5 Å². The summed E-state index contributed by atoms with van der Waals surface area (Å²) < 4.78 is 5.21. The smallest absolute Gasteiger partial charge is 0.124 e. The number of aliphatic imine (C=N–C) groups is 1. The Morgan fingerprint density at radius 2 is 1.40 bits per heavy atom. The molecule has 0 aliphatic carbocycles. The quantitative estimate of drug-likeness (QED) is 0.502. The highest BCUT2D eigenvalue weighted by Crippen LogP contribution is 2.19. The van der Waals surface area contributed by atoms with E-state index in [1.807, 2.05) is 84.9 Å². The average Bonchev–Trinajstić information content (AvgIpc) is 2.69. The monoisotopic (exact) mass is 329 g/mol. The third kappa shape index (κ3) is 4.36. The van der Waals surface area contributed by atoms with Crippen LogP contribution < -0.4 is 4.74 Å². The summed E-state index contributed by atoms with van der Waals surface area (Å²) in [6, 6.07) is 26.7. The Morgan fingerprint density at radius 1 is 0.800 bits per heavy atom. The SMILES string of the molecule is COc1ccc(C(/C=C(\O)c2ccccc2)=N\c2ccccc2)cc1. The number of ether oxygens (including phenoxy) is 1. The van der Waals surface area contributed by atoms with Crippen LogP contribution in [0.15, 0.2) is 96.0 Å². The molecule has 3 aromatic rings. The van der Waals surface area contributed by atoms with E-state index in [0.717, 1.165) is 22.6 Å². The molecule has 25 heavy (non-hydrogen) atoms. The molecule has 0 unspecified atom stereocenters. The van der Waals surface area contributed by atoms with Crippen LogP contribution in [-0.2, 0) is 0 Å². The molecule has 0 saturated heterocycles. The highest BCUT2D eigenvalue weighted by Gasteiger charge is 2.06. The molecule has 0 fully saturated rings. The average molecular weight is 329 g/mol. The van der Waals surface area contributed by atoms with Gasteiger partial charge < -0.3 is 9.84 Å². The largest absolute Gasteiger partial charge is 0.507 e. The number of hydrogen-bond donors (Lipinski definition) is 1. The van der Waals surface area contributed by atoms with Gasteiger partial charge in [-0.25, -0.2) is 4.99 Å². The second-order valence-electron chi connectivity index (χ2n) is 5.46. The molecule has 0 radical (unpaired) electrons. The number of hydrogen-bond acceptors (Lipinski definition) is 3. The number of aliphatic hydroxyl groups excluding tert-OH is 1. The van der Waals surface area contributed by atoms with Gasteiger partial charge in [0.25, 0.3) is 0 Å². The molecule has 0 aliphatic rings. The maximum atomic E-state index is 10.5. The van der Waals surface area contributed by atoms with Crippen LogP contribution in [0.3, 0.4) is 0 Å². The molecule has 0 bridgehead atoms. The van der Waals surface area contributed by atoms with E-state index in [-0.39, 0.29) is 5.76 Å². The summed E-state index contributed by atoms with van der Waals surface area (Å²) in [4.78, 5) is 4.69. The van der Waals surface area contributed by atoms with Gasteiger partial charge in [0.05, 0.1) is 18.5 Å². The van der Waals surface area contributed by atoms with Crippen LogP contribution in [0.25, 0.3) is 5.76 Å². The number of methoxy groups -OCH3 is 1. The van der Waals surface area contributed by atoms with Crippen molar-refractivity contribution in [1.29, 1.82) is 0 Å². The van der Waals surface area contributed by atoms with E-state index in [1.54, 1.807) is 13.2 Å². The first-order valence-electron chi connectivity index (χ1n) is 8.00. The van der Waals surface area contributed by atoms with E-state index in [1.165, 1.54) is 0 Å². The first-order chi connectivity index (χ1) is 12.3. The zero-order valence-electron chi connectivity index (χ0n) is 14.0. The maximum Gasteiger partial charge on any atom is 0.124 e. The number of benzene rings is 3. The normalized spacial score (nSPS) is 12.0. The highest BCUT2D eigenvalue weighted by atomic mass is 16.5. The van der Waals surface area contributed by atoms with Crippen LogP contribution in [0.2, 0.25) is 0 Å². The van der Waals surface area contributed by atoms with Crippen LogP contribution in [0.4, 0.5) is 5.69 Å². The fraction of sp³-hybridized carbons (Fsp3) is 0.0455. The van der Waals surface area contributed by atoms with Crippen molar-refractivity contribution in [1.82, 2.24) is 0 Å². The standard InChI is InChI=1S/C22H19NO2/c1-25-20-14-12-17(13-15-20)21(23-19-10-6-3-7-11-19)16-22(24)18-8-4-2-5-9-18/h2-16,24H,1H3/b22-16-,23-21-. The van der Waals surface area contributed by atoms with Crippen LogP contribution in [0, 0.1) is 0 Å². The lowest BCUT2D eigenvalue weighted by molar-refractivity contribution is 0.415. The molecule has 3 rings (SSSR count). The third-order valence-corrected chi connectivity index (χ3v) is 3.73. The summed E-state index contributed by atoms with van der Waals surface area (Å²) in [6.07, 6.45) is 1.68. The first kappa shape index (κ1) is 16.5. The van der Waals surface area contributed by atoms with Gasteiger partial charge in [0.2, 0.25) is 0 Å². The van der Waals surface area contributed by atoms with Crippen LogP contribution in [0.1, 0.15) is 11.1 Å². The zero-order valence-corrected chi connectivity index (χ0v) is 14.0. The van der Waals surface area contributed by atoms with Gasteiger partial charge in [-0.05, 0) is 36.4 Å². The molecular weight excluding hydrogens is 310 g/mol. The van der Waals surface area contributed by atoms with Crippen molar-refractivity contribution in [2.24, 2.45) is 4.99 Å². The summed E-state index contributed by atoms with van der Waals surface area (Å²) >= 11 is 0. The molecular formula is C22H19NO2. The number of aliphatic hydroxyl groups is 1. The Morgan fingerprint density at radius 3 is 2.00 bits per heavy atom. The lowest BCUT2D eigenvalue weighted by Gasteiger charge is -2.06. The fourth-order valence-corrected chi connectivity index (χ4v) is 2.41. The fourth-order valence-electron chi connectivity index (χ4n) is 2.41. The topological polar surface area (TPSA) is 41.8 Å². The Balaban J connectivity index is 2.04. The maximum absolute atomic E-state index is 10.5. The van der Waals surface area contributed by atoms with Gasteiger partial charge in [-0.15, -0.1) is 0 Å². The molecule has 0 saturated carbocycles. The third-order valence-electron chi connectivity index (χ3n) is 3.73. The number of nitrogens with zero attached hydrogens (tertiary/aromatic N) is 1. The molecule has 1 N–H and O–H groups in total. The van der Waals surface area contributed by atoms with E-state index in [9.17, 15) is 5.11 Å². The second kappa shape index (κ2) is 7.97. The molecule has 3 heteroatoms. The summed E-state index contributed by atoms with van der Waals surface area (Å²) in [6.45, 7) is 0. The molecule has 0 amide bonds. The van der Waals surface area contributed by atoms with Gasteiger partial charge in [-0.1, -0.05) is 48.5 Å². The second-order valence-corrected chi connectivity index (χ2v) is 5.46. The van der Waals surface area contributed by atoms with Crippen LogP contribution in [-0.4, -0.2) is 17.9 Å². The van der Waals surface area contributed by atoms with Crippen LogP contribution >= 0.6 is 0 Å². The van der Waals surface area contributed by atoms with Crippen molar-refractivity contribution >= 4 is 17.2 Å². The minimum absolute atomic E-state index is 0.172. The van der Waals surface area contributed by atoms with Crippen LogP contribution in [0.5, 0.6) is 5.75 Å². The van der Waals surface area contributed by atoms with Crippen molar-refractivity contribution in [3.63, 3.8) is 0 Å². The lowest BCUT2D eigenvalue weighted by Crippen LogP contribution is -1.99. The predicted octanol–water partition coefficient (Wildman–Crippen LogP) is 5.42. The Kier molecular flexibility index (Phi) is 5.27. The van der Waals surface area contributed by atoms with E-state index < -0.39 is 0 Å². The van der Waals surface area contributed by atoms with Gasteiger partial charge in [-0.3, -0.25) is 0 Å². The van der Waals surface area contributed by atoms with Crippen molar-refractivity contribution in [3.05, 3.63) is 102 Å². The van der Waals surface area contributed by atoms with Crippen molar-refractivity contribution in [2.45, 2.75) is 0 Å². The molecule has 0 aliphatic heterocycles. The number of allylic oxidation sites excluding steroid dienone is 1. The number of para-hydroxylation sites is 1. The van der Waals surface area contributed by atoms with Gasteiger partial charge in [0.15, 0.2) is 0 Å².